The summed E-state index contributed by atoms with van der Waals surface area (Å²) >= 11 is 7.49. The van der Waals surface area contributed by atoms with E-state index in [1.807, 2.05) is 26.2 Å². The molecule has 0 unspecified atom stereocenters. The Labute approximate surface area is 149 Å². The molecule has 0 spiro atoms. The summed E-state index contributed by atoms with van der Waals surface area (Å²) in [5, 5.41) is 8.71. The average molecular weight is 364 g/mol. The molecule has 2 aromatic rings. The van der Waals surface area contributed by atoms with Gasteiger partial charge in [0.25, 0.3) is 5.91 Å². The number of aryl methyl sites for hydroxylation is 1. The van der Waals surface area contributed by atoms with Crippen molar-refractivity contribution in [2.24, 2.45) is 0 Å². The highest BCUT2D eigenvalue weighted by Gasteiger charge is 2.14. The standard InChI is InChI=1S/C17H18ClN3O2S/c1-10(2)19-17(23)14-6-4-12(18)8-15(14)21-16(22)7-5-13-9-24-11(3)20-13/h4-10H,1-3H3,(H,19,23)(H,21,22)/b7-5+. The van der Waals surface area contributed by atoms with Crippen LogP contribution < -0.4 is 10.6 Å². The lowest BCUT2D eigenvalue weighted by Crippen LogP contribution is -2.31. The van der Waals surface area contributed by atoms with Crippen LogP contribution in [0.15, 0.2) is 29.7 Å². The molecular weight excluding hydrogens is 346 g/mol. The van der Waals surface area contributed by atoms with E-state index in [0.717, 1.165) is 10.7 Å². The predicted molar refractivity (Wildman–Crippen MR) is 98.6 cm³/mol. The number of halogens is 1. The van der Waals surface area contributed by atoms with Crippen LogP contribution in [0.1, 0.15) is 34.9 Å². The minimum atomic E-state index is -0.360. The van der Waals surface area contributed by atoms with Crippen LogP contribution in [-0.2, 0) is 4.79 Å². The summed E-state index contributed by atoms with van der Waals surface area (Å²) in [5.74, 6) is -0.627. The predicted octanol–water partition coefficient (Wildman–Crippen LogP) is 3.90. The van der Waals surface area contributed by atoms with Gasteiger partial charge in [-0.3, -0.25) is 9.59 Å². The quantitative estimate of drug-likeness (QED) is 0.791. The van der Waals surface area contributed by atoms with Crippen molar-refractivity contribution in [2.45, 2.75) is 26.8 Å². The van der Waals surface area contributed by atoms with Gasteiger partial charge in [-0.15, -0.1) is 11.3 Å². The molecule has 0 aliphatic rings. The zero-order valence-electron chi connectivity index (χ0n) is 13.6. The van der Waals surface area contributed by atoms with Crippen LogP contribution in [0.25, 0.3) is 6.08 Å². The highest BCUT2D eigenvalue weighted by Crippen LogP contribution is 2.21. The van der Waals surface area contributed by atoms with Crippen LogP contribution in [0, 0.1) is 6.92 Å². The Kier molecular flexibility index (Phi) is 6.11. The highest BCUT2D eigenvalue weighted by molar-refractivity contribution is 7.09. The smallest absolute Gasteiger partial charge is 0.253 e. The normalized spacial score (nSPS) is 11.0. The van der Waals surface area contributed by atoms with Crippen LogP contribution in [0.2, 0.25) is 5.02 Å². The maximum Gasteiger partial charge on any atom is 0.253 e. The third-order valence-electron chi connectivity index (χ3n) is 2.95. The van der Waals surface area contributed by atoms with Crippen LogP contribution in [0.3, 0.4) is 0 Å². The first-order chi connectivity index (χ1) is 11.3. The first-order valence-electron chi connectivity index (χ1n) is 7.37. The second-order valence-corrected chi connectivity index (χ2v) is 6.93. The molecule has 5 nitrogen and oxygen atoms in total. The molecular formula is C17H18ClN3O2S. The molecule has 0 aliphatic carbocycles. The van der Waals surface area contributed by atoms with Crippen LogP contribution in [-0.4, -0.2) is 22.8 Å². The van der Waals surface area contributed by atoms with Gasteiger partial charge in [-0.05, 0) is 45.0 Å². The lowest BCUT2D eigenvalue weighted by atomic mass is 10.1. The average Bonchev–Trinajstić information content (AvgIpc) is 2.90. The Hall–Kier alpha value is -2.18. The number of benzene rings is 1. The number of anilines is 1. The summed E-state index contributed by atoms with van der Waals surface area (Å²) in [7, 11) is 0. The fourth-order valence-corrected chi connectivity index (χ4v) is 2.70. The van der Waals surface area contributed by atoms with Gasteiger partial charge in [0.05, 0.1) is 22.0 Å². The number of aromatic nitrogens is 1. The van der Waals surface area contributed by atoms with E-state index in [4.69, 9.17) is 11.6 Å². The number of carbonyl (C=O) groups excluding carboxylic acids is 2. The van der Waals surface area contributed by atoms with Crippen molar-refractivity contribution in [2.75, 3.05) is 5.32 Å². The van der Waals surface area contributed by atoms with Gasteiger partial charge in [0, 0.05) is 22.5 Å². The minimum Gasteiger partial charge on any atom is -0.350 e. The largest absolute Gasteiger partial charge is 0.350 e. The van der Waals surface area contributed by atoms with E-state index in [-0.39, 0.29) is 17.9 Å². The number of carbonyl (C=O) groups is 2. The SMILES string of the molecule is Cc1nc(/C=C/C(=O)Nc2cc(Cl)ccc2C(=O)NC(C)C)cs1. The number of hydrogen-bond donors (Lipinski definition) is 2. The molecule has 0 aliphatic heterocycles. The molecule has 24 heavy (non-hydrogen) atoms. The fourth-order valence-electron chi connectivity index (χ4n) is 1.95. The lowest BCUT2D eigenvalue weighted by molar-refractivity contribution is -0.111. The summed E-state index contributed by atoms with van der Waals surface area (Å²) in [6, 6.07) is 4.74. The van der Waals surface area contributed by atoms with E-state index in [1.54, 1.807) is 24.3 Å². The second-order valence-electron chi connectivity index (χ2n) is 5.43. The third-order valence-corrected chi connectivity index (χ3v) is 3.97. The maximum atomic E-state index is 12.2. The molecule has 0 fully saturated rings. The van der Waals surface area contributed by atoms with Crippen molar-refractivity contribution in [3.05, 3.63) is 50.9 Å². The Morgan fingerprint density at radius 2 is 2.08 bits per heavy atom. The molecule has 0 saturated heterocycles. The second kappa shape index (κ2) is 8.08. The molecule has 0 atom stereocenters. The zero-order valence-corrected chi connectivity index (χ0v) is 15.2. The summed E-state index contributed by atoms with van der Waals surface area (Å²) in [6.45, 7) is 5.63. The first kappa shape index (κ1) is 18.2. The Bertz CT molecular complexity index is 784. The van der Waals surface area contributed by atoms with Crippen LogP contribution in [0.4, 0.5) is 5.69 Å². The number of thiazole rings is 1. The molecule has 2 rings (SSSR count). The van der Waals surface area contributed by atoms with Crippen LogP contribution >= 0.6 is 22.9 Å². The van der Waals surface area contributed by atoms with Crippen LogP contribution in [0.5, 0.6) is 0 Å². The molecule has 0 saturated carbocycles. The number of nitrogens with one attached hydrogen (secondary N) is 2. The van der Waals surface area contributed by atoms with E-state index >= 15 is 0 Å². The number of amides is 2. The Morgan fingerprint density at radius 1 is 1.33 bits per heavy atom. The van der Waals surface area contributed by atoms with Crippen molar-refractivity contribution in [3.63, 3.8) is 0 Å². The third kappa shape index (κ3) is 5.18. The van der Waals surface area contributed by atoms with Gasteiger partial charge in [-0.25, -0.2) is 4.98 Å². The van der Waals surface area contributed by atoms with Gasteiger partial charge in [-0.2, -0.15) is 0 Å². The summed E-state index contributed by atoms with van der Waals surface area (Å²) in [5.41, 5.74) is 1.45. The fraction of sp³-hybridized carbons (Fsp3) is 0.235. The van der Waals surface area contributed by atoms with Crippen molar-refractivity contribution >= 4 is 46.5 Å². The molecule has 0 bridgehead atoms. The molecule has 126 valence electrons. The van der Waals surface area contributed by atoms with E-state index in [1.165, 1.54) is 17.4 Å². The first-order valence-corrected chi connectivity index (χ1v) is 8.62. The van der Waals surface area contributed by atoms with Gasteiger partial charge in [0.15, 0.2) is 0 Å². The van der Waals surface area contributed by atoms with Crippen molar-refractivity contribution in [3.8, 4) is 0 Å². The number of rotatable bonds is 5. The molecule has 7 heteroatoms. The summed E-state index contributed by atoms with van der Waals surface area (Å²) < 4.78 is 0. The highest BCUT2D eigenvalue weighted by atomic mass is 35.5. The van der Waals surface area contributed by atoms with E-state index in [0.29, 0.717) is 16.3 Å². The van der Waals surface area contributed by atoms with Gasteiger partial charge >= 0.3 is 0 Å². The van der Waals surface area contributed by atoms with E-state index in [9.17, 15) is 9.59 Å². The zero-order chi connectivity index (χ0) is 17.7. The monoisotopic (exact) mass is 363 g/mol. The molecule has 1 heterocycles. The minimum absolute atomic E-state index is 0.00969. The molecule has 1 aromatic heterocycles. The summed E-state index contributed by atoms with van der Waals surface area (Å²) in [4.78, 5) is 28.6. The van der Waals surface area contributed by atoms with Gasteiger partial charge in [0.1, 0.15) is 0 Å². The van der Waals surface area contributed by atoms with E-state index in [2.05, 4.69) is 15.6 Å². The van der Waals surface area contributed by atoms with Crippen molar-refractivity contribution < 1.29 is 9.59 Å². The summed E-state index contributed by atoms with van der Waals surface area (Å²) in [6.07, 6.45) is 3.00. The Balaban J connectivity index is 2.15. The molecule has 0 radical (unpaired) electrons. The number of nitrogens with zero attached hydrogens (tertiary/aromatic N) is 1. The number of hydrogen-bond acceptors (Lipinski definition) is 4. The van der Waals surface area contributed by atoms with E-state index < -0.39 is 0 Å². The molecule has 1 aromatic carbocycles. The van der Waals surface area contributed by atoms with Gasteiger partial charge < -0.3 is 10.6 Å². The van der Waals surface area contributed by atoms with Gasteiger partial charge in [-0.1, -0.05) is 11.6 Å². The van der Waals surface area contributed by atoms with Crippen molar-refractivity contribution in [1.82, 2.24) is 10.3 Å². The Morgan fingerprint density at radius 3 is 2.71 bits per heavy atom. The van der Waals surface area contributed by atoms with Crippen molar-refractivity contribution in [1.29, 1.82) is 0 Å². The maximum absolute atomic E-state index is 12.2. The molecule has 2 N–H and O–H groups in total. The lowest BCUT2D eigenvalue weighted by Gasteiger charge is -2.13. The topological polar surface area (TPSA) is 71.1 Å². The molecule has 2 amide bonds. The van der Waals surface area contributed by atoms with Gasteiger partial charge in [0.2, 0.25) is 5.91 Å².